The molecule has 15 heavy (non-hydrogen) atoms. The summed E-state index contributed by atoms with van der Waals surface area (Å²) < 4.78 is 5.36. The van der Waals surface area contributed by atoms with E-state index in [-0.39, 0.29) is 0 Å². The van der Waals surface area contributed by atoms with Crippen molar-refractivity contribution in [1.82, 2.24) is 0 Å². The number of aryl methyl sites for hydroxylation is 1. The van der Waals surface area contributed by atoms with Crippen molar-refractivity contribution in [3.05, 3.63) is 35.4 Å². The highest BCUT2D eigenvalue weighted by atomic mass is 16.6. The van der Waals surface area contributed by atoms with E-state index in [1.807, 2.05) is 38.1 Å². The zero-order valence-electron chi connectivity index (χ0n) is 8.86. The Bertz CT molecular complexity index is 400. The van der Waals surface area contributed by atoms with Crippen LogP contribution in [0.2, 0.25) is 0 Å². The molecule has 3 heteroatoms. The van der Waals surface area contributed by atoms with Gasteiger partial charge in [0.05, 0.1) is 0 Å². The highest BCUT2D eigenvalue weighted by Crippen LogP contribution is 2.49. The quantitative estimate of drug-likeness (QED) is 0.770. The molecule has 1 aromatic rings. The van der Waals surface area contributed by atoms with Gasteiger partial charge in [-0.3, -0.25) is 0 Å². The molecule has 80 valence electrons. The number of benzene rings is 1. The van der Waals surface area contributed by atoms with E-state index in [1.165, 1.54) is 0 Å². The van der Waals surface area contributed by atoms with Gasteiger partial charge in [0.2, 0.25) is 0 Å². The smallest absolute Gasteiger partial charge is 0.336 e. The number of epoxide rings is 1. The van der Waals surface area contributed by atoms with Gasteiger partial charge in [-0.2, -0.15) is 0 Å². The minimum absolute atomic E-state index is 0.585. The van der Waals surface area contributed by atoms with Gasteiger partial charge in [-0.05, 0) is 18.9 Å². The Morgan fingerprint density at radius 1 is 1.60 bits per heavy atom. The Kier molecular flexibility index (Phi) is 2.27. The summed E-state index contributed by atoms with van der Waals surface area (Å²) in [5, 5.41) is 8.93. The van der Waals surface area contributed by atoms with Crippen LogP contribution in [0.3, 0.4) is 0 Å². The molecule has 2 atom stereocenters. The van der Waals surface area contributed by atoms with Gasteiger partial charge in [-0.15, -0.1) is 0 Å². The molecule has 2 rings (SSSR count). The largest absolute Gasteiger partial charge is 0.479 e. The first-order chi connectivity index (χ1) is 7.10. The van der Waals surface area contributed by atoms with E-state index in [4.69, 9.17) is 9.84 Å². The topological polar surface area (TPSA) is 49.8 Å². The van der Waals surface area contributed by atoms with Gasteiger partial charge in [0.15, 0.2) is 6.10 Å². The summed E-state index contributed by atoms with van der Waals surface area (Å²) in [5.74, 6) is -0.877. The number of aliphatic carboxylic acids is 1. The molecule has 1 aliphatic heterocycles. The molecule has 0 aromatic heterocycles. The van der Waals surface area contributed by atoms with E-state index in [1.54, 1.807) is 0 Å². The van der Waals surface area contributed by atoms with Crippen LogP contribution in [-0.4, -0.2) is 17.2 Å². The summed E-state index contributed by atoms with van der Waals surface area (Å²) in [6.07, 6.45) is 0.0113. The van der Waals surface area contributed by atoms with E-state index in [2.05, 4.69) is 0 Å². The van der Waals surface area contributed by atoms with Gasteiger partial charge in [0.1, 0.15) is 5.60 Å². The van der Waals surface area contributed by atoms with Crippen LogP contribution in [0.5, 0.6) is 0 Å². The van der Waals surface area contributed by atoms with Crippen LogP contribution in [0, 0.1) is 6.92 Å². The van der Waals surface area contributed by atoms with Gasteiger partial charge in [-0.25, -0.2) is 4.79 Å². The fourth-order valence-electron chi connectivity index (χ4n) is 2.03. The molecule has 1 N–H and O–H groups in total. The van der Waals surface area contributed by atoms with Crippen LogP contribution in [0.1, 0.15) is 24.5 Å². The van der Waals surface area contributed by atoms with Gasteiger partial charge in [0, 0.05) is 0 Å². The Morgan fingerprint density at radius 2 is 2.33 bits per heavy atom. The van der Waals surface area contributed by atoms with E-state index in [9.17, 15) is 4.79 Å². The third-order valence-electron chi connectivity index (χ3n) is 2.95. The second-order valence-corrected chi connectivity index (χ2v) is 3.95. The lowest BCUT2D eigenvalue weighted by atomic mass is 9.92. The molecule has 0 bridgehead atoms. The molecule has 1 saturated heterocycles. The number of carboxylic acids is 1. The summed E-state index contributed by atoms with van der Waals surface area (Å²) in [4.78, 5) is 10.9. The standard InChI is InChI=1S/C12H14O3/c1-3-12(10(15-12)11(13)14)9-6-4-5-8(2)7-9/h4-7,10H,3H2,1-2H3,(H,13,14). The molecular formula is C12H14O3. The predicted octanol–water partition coefficient (Wildman–Crippen LogP) is 2.08. The second-order valence-electron chi connectivity index (χ2n) is 3.95. The lowest BCUT2D eigenvalue weighted by Crippen LogP contribution is -2.18. The van der Waals surface area contributed by atoms with E-state index in [0.717, 1.165) is 11.1 Å². The van der Waals surface area contributed by atoms with Crippen molar-refractivity contribution in [1.29, 1.82) is 0 Å². The third kappa shape index (κ3) is 1.53. The molecule has 1 aliphatic rings. The van der Waals surface area contributed by atoms with E-state index >= 15 is 0 Å². The predicted molar refractivity (Wildman–Crippen MR) is 55.7 cm³/mol. The Labute approximate surface area is 88.7 Å². The van der Waals surface area contributed by atoms with Crippen molar-refractivity contribution in [3.8, 4) is 0 Å². The molecule has 1 fully saturated rings. The van der Waals surface area contributed by atoms with Crippen molar-refractivity contribution < 1.29 is 14.6 Å². The van der Waals surface area contributed by atoms with Crippen LogP contribution < -0.4 is 0 Å². The number of hydrogen-bond donors (Lipinski definition) is 1. The molecule has 0 aliphatic carbocycles. The van der Waals surface area contributed by atoms with Crippen molar-refractivity contribution >= 4 is 5.97 Å². The summed E-state index contributed by atoms with van der Waals surface area (Å²) in [6, 6.07) is 7.85. The van der Waals surface area contributed by atoms with Crippen molar-refractivity contribution in [2.45, 2.75) is 32.0 Å². The number of hydrogen-bond acceptors (Lipinski definition) is 2. The minimum atomic E-state index is -0.877. The van der Waals surface area contributed by atoms with Gasteiger partial charge >= 0.3 is 5.97 Å². The number of carboxylic acid groups (broad SMARTS) is 1. The third-order valence-corrected chi connectivity index (χ3v) is 2.95. The first-order valence-electron chi connectivity index (χ1n) is 5.08. The fourth-order valence-corrected chi connectivity index (χ4v) is 2.03. The first-order valence-corrected chi connectivity index (χ1v) is 5.08. The maximum atomic E-state index is 10.9. The van der Waals surface area contributed by atoms with Gasteiger partial charge < -0.3 is 9.84 Å². The molecule has 0 radical (unpaired) electrons. The molecule has 3 nitrogen and oxygen atoms in total. The van der Waals surface area contributed by atoms with Crippen LogP contribution in [0.4, 0.5) is 0 Å². The Hall–Kier alpha value is -1.35. The number of ether oxygens (including phenoxy) is 1. The molecular weight excluding hydrogens is 192 g/mol. The van der Waals surface area contributed by atoms with Gasteiger partial charge in [-0.1, -0.05) is 36.8 Å². The van der Waals surface area contributed by atoms with Gasteiger partial charge in [0.25, 0.3) is 0 Å². The molecule has 0 spiro atoms. The van der Waals surface area contributed by atoms with Crippen LogP contribution in [0.25, 0.3) is 0 Å². The molecule has 0 amide bonds. The summed E-state index contributed by atoms with van der Waals surface area (Å²) in [6.45, 7) is 3.94. The maximum absolute atomic E-state index is 10.9. The zero-order chi connectivity index (χ0) is 11.1. The van der Waals surface area contributed by atoms with E-state index in [0.29, 0.717) is 6.42 Å². The highest BCUT2D eigenvalue weighted by molar-refractivity contribution is 5.78. The van der Waals surface area contributed by atoms with Crippen molar-refractivity contribution in [2.24, 2.45) is 0 Å². The average molecular weight is 206 g/mol. The van der Waals surface area contributed by atoms with Crippen LogP contribution >= 0.6 is 0 Å². The lowest BCUT2D eigenvalue weighted by Gasteiger charge is -2.10. The highest BCUT2D eigenvalue weighted by Gasteiger charge is 2.60. The molecule has 1 aromatic carbocycles. The molecule has 2 unspecified atom stereocenters. The van der Waals surface area contributed by atoms with Crippen molar-refractivity contribution in [2.75, 3.05) is 0 Å². The second kappa shape index (κ2) is 3.35. The zero-order valence-corrected chi connectivity index (χ0v) is 8.86. The fraction of sp³-hybridized carbons (Fsp3) is 0.417. The number of rotatable bonds is 3. The Balaban J connectivity index is 2.34. The Morgan fingerprint density at radius 3 is 2.80 bits per heavy atom. The monoisotopic (exact) mass is 206 g/mol. The van der Waals surface area contributed by atoms with Crippen LogP contribution in [0.15, 0.2) is 24.3 Å². The number of carbonyl (C=O) groups is 1. The molecule has 0 saturated carbocycles. The summed E-state index contributed by atoms with van der Waals surface area (Å²) >= 11 is 0. The SMILES string of the molecule is CCC1(c2cccc(C)c2)OC1C(=O)O. The van der Waals surface area contributed by atoms with E-state index < -0.39 is 17.7 Å². The summed E-state index contributed by atoms with van der Waals surface area (Å²) in [7, 11) is 0. The molecule has 1 heterocycles. The maximum Gasteiger partial charge on any atom is 0.336 e. The summed E-state index contributed by atoms with van der Waals surface area (Å²) in [5.41, 5.74) is 1.51. The normalized spacial score (nSPS) is 28.8. The average Bonchev–Trinajstić information content (AvgIpc) is 2.93. The minimum Gasteiger partial charge on any atom is -0.479 e. The van der Waals surface area contributed by atoms with Crippen LogP contribution in [-0.2, 0) is 15.1 Å². The first kappa shape index (κ1) is 10.2. The lowest BCUT2D eigenvalue weighted by molar-refractivity contribution is -0.138. The van der Waals surface area contributed by atoms with Crippen molar-refractivity contribution in [3.63, 3.8) is 0 Å².